The highest BCUT2D eigenvalue weighted by molar-refractivity contribution is 9.08. The molecule has 0 saturated heterocycles. The smallest absolute Gasteiger partial charge is 0.101 e. The van der Waals surface area contributed by atoms with Crippen molar-refractivity contribution >= 4 is 26.8 Å². The molecule has 0 fully saturated rings. The van der Waals surface area contributed by atoms with Crippen LogP contribution in [0.4, 0.5) is 0 Å². The average molecular weight is 247 g/mol. The second-order valence-electron chi connectivity index (χ2n) is 2.92. The molecule has 0 N–H and O–H groups in total. The maximum absolute atomic E-state index is 8.90. The van der Waals surface area contributed by atoms with Crippen molar-refractivity contribution in [3.05, 3.63) is 41.6 Å². The number of hydrogen-bond donors (Lipinski definition) is 0. The average Bonchev–Trinajstić information content (AvgIpc) is 2.27. The highest BCUT2D eigenvalue weighted by Crippen LogP contribution is 2.17. The van der Waals surface area contributed by atoms with Crippen LogP contribution in [0.15, 0.2) is 30.3 Å². The molecular formula is C11H7BrN2. The Morgan fingerprint density at radius 1 is 1.36 bits per heavy atom. The minimum Gasteiger partial charge on any atom is -0.251 e. The Morgan fingerprint density at radius 2 is 2.14 bits per heavy atom. The summed E-state index contributed by atoms with van der Waals surface area (Å²) in [6.45, 7) is 0. The molecule has 0 bridgehead atoms. The summed E-state index contributed by atoms with van der Waals surface area (Å²) in [6, 6.07) is 11.8. The highest BCUT2D eigenvalue weighted by atomic mass is 79.9. The second-order valence-corrected chi connectivity index (χ2v) is 3.48. The Morgan fingerprint density at radius 3 is 2.86 bits per heavy atom. The summed E-state index contributed by atoms with van der Waals surface area (Å²) >= 11 is 3.32. The van der Waals surface area contributed by atoms with Crippen LogP contribution in [0.5, 0.6) is 0 Å². The molecule has 68 valence electrons. The summed E-state index contributed by atoms with van der Waals surface area (Å²) in [5, 5.41) is 10.5. The quantitative estimate of drug-likeness (QED) is 0.726. The number of nitrogens with zero attached hydrogens (tertiary/aromatic N) is 2. The molecule has 2 rings (SSSR count). The summed E-state index contributed by atoms with van der Waals surface area (Å²) in [5.41, 5.74) is 2.37. The van der Waals surface area contributed by atoms with Gasteiger partial charge in [-0.15, -0.1) is 0 Å². The van der Waals surface area contributed by atoms with Crippen molar-refractivity contribution in [2.75, 3.05) is 0 Å². The lowest BCUT2D eigenvalue weighted by molar-refractivity contribution is 1.21. The maximum Gasteiger partial charge on any atom is 0.101 e. The summed E-state index contributed by atoms with van der Waals surface area (Å²) in [5.74, 6) is 0. The molecule has 2 aromatic rings. The molecule has 0 amide bonds. The minimum absolute atomic E-state index is 0.612. The first-order valence-electron chi connectivity index (χ1n) is 4.20. The van der Waals surface area contributed by atoms with Gasteiger partial charge in [0.25, 0.3) is 0 Å². The molecule has 0 radical (unpaired) electrons. The van der Waals surface area contributed by atoms with Gasteiger partial charge in [0.1, 0.15) is 6.07 Å². The summed E-state index contributed by atoms with van der Waals surface area (Å²) < 4.78 is 0. The van der Waals surface area contributed by atoms with Crippen LogP contribution >= 0.6 is 15.9 Å². The Bertz CT molecular complexity index is 514. The van der Waals surface area contributed by atoms with Gasteiger partial charge >= 0.3 is 0 Å². The number of fused-ring (bicyclic) bond motifs is 1. The van der Waals surface area contributed by atoms with Crippen LogP contribution in [0.3, 0.4) is 0 Å². The summed E-state index contributed by atoms with van der Waals surface area (Å²) in [4.78, 5) is 4.40. The van der Waals surface area contributed by atoms with Gasteiger partial charge in [0, 0.05) is 10.7 Å². The largest absolute Gasteiger partial charge is 0.251 e. The fraction of sp³-hybridized carbons (Fsp3) is 0.0909. The number of rotatable bonds is 1. The van der Waals surface area contributed by atoms with Gasteiger partial charge in [-0.25, -0.2) is 0 Å². The van der Waals surface area contributed by atoms with Crippen molar-refractivity contribution in [1.29, 1.82) is 5.26 Å². The van der Waals surface area contributed by atoms with E-state index >= 15 is 0 Å². The van der Waals surface area contributed by atoms with Crippen molar-refractivity contribution in [3.63, 3.8) is 0 Å². The van der Waals surface area contributed by atoms with Gasteiger partial charge in [-0.2, -0.15) is 5.26 Å². The third-order valence-corrected chi connectivity index (χ3v) is 2.58. The molecule has 0 saturated carbocycles. The number of para-hydroxylation sites is 1. The van der Waals surface area contributed by atoms with E-state index in [-0.39, 0.29) is 0 Å². The molecule has 0 atom stereocenters. The highest BCUT2D eigenvalue weighted by Gasteiger charge is 2.04. The molecule has 0 aliphatic carbocycles. The Hall–Kier alpha value is -1.40. The van der Waals surface area contributed by atoms with E-state index in [0.717, 1.165) is 16.6 Å². The van der Waals surface area contributed by atoms with E-state index in [1.807, 2.05) is 30.3 Å². The minimum atomic E-state index is 0.612. The van der Waals surface area contributed by atoms with E-state index in [0.29, 0.717) is 10.9 Å². The Balaban J connectivity index is 2.77. The molecule has 1 heterocycles. The summed E-state index contributed by atoms with van der Waals surface area (Å²) in [7, 11) is 0. The van der Waals surface area contributed by atoms with Gasteiger partial charge in [0.05, 0.1) is 16.8 Å². The lowest BCUT2D eigenvalue weighted by Crippen LogP contribution is -1.91. The van der Waals surface area contributed by atoms with E-state index < -0.39 is 0 Å². The van der Waals surface area contributed by atoms with E-state index in [1.54, 1.807) is 0 Å². The van der Waals surface area contributed by atoms with Crippen LogP contribution in [0.1, 0.15) is 11.3 Å². The fourth-order valence-corrected chi connectivity index (χ4v) is 1.78. The zero-order chi connectivity index (χ0) is 9.97. The van der Waals surface area contributed by atoms with Crippen LogP contribution in [-0.2, 0) is 5.33 Å². The molecule has 2 nitrogen and oxygen atoms in total. The molecule has 0 spiro atoms. The second kappa shape index (κ2) is 3.77. The molecule has 0 aliphatic rings. The number of alkyl halides is 1. The number of benzene rings is 1. The predicted octanol–water partition coefficient (Wildman–Crippen LogP) is 3.00. The van der Waals surface area contributed by atoms with Crippen molar-refractivity contribution in [3.8, 4) is 6.07 Å². The lowest BCUT2D eigenvalue weighted by Gasteiger charge is -2.01. The molecular weight excluding hydrogens is 240 g/mol. The van der Waals surface area contributed by atoms with Crippen LogP contribution in [0.2, 0.25) is 0 Å². The molecule has 1 aromatic carbocycles. The topological polar surface area (TPSA) is 36.7 Å². The van der Waals surface area contributed by atoms with Crippen molar-refractivity contribution in [2.24, 2.45) is 0 Å². The SMILES string of the molecule is N#Cc1cc2ccccc2nc1CBr. The van der Waals surface area contributed by atoms with E-state index in [1.165, 1.54) is 0 Å². The monoisotopic (exact) mass is 246 g/mol. The van der Waals surface area contributed by atoms with Crippen LogP contribution < -0.4 is 0 Å². The van der Waals surface area contributed by atoms with Crippen molar-refractivity contribution < 1.29 is 0 Å². The first-order chi connectivity index (χ1) is 6.85. The molecule has 0 aliphatic heterocycles. The van der Waals surface area contributed by atoms with Crippen LogP contribution in [-0.4, -0.2) is 4.98 Å². The van der Waals surface area contributed by atoms with Crippen LogP contribution in [0.25, 0.3) is 10.9 Å². The van der Waals surface area contributed by atoms with Crippen LogP contribution in [0, 0.1) is 11.3 Å². The van der Waals surface area contributed by atoms with Gasteiger partial charge in [-0.05, 0) is 12.1 Å². The zero-order valence-electron chi connectivity index (χ0n) is 7.37. The number of nitriles is 1. The third kappa shape index (κ3) is 1.49. The van der Waals surface area contributed by atoms with Gasteiger partial charge in [0.2, 0.25) is 0 Å². The molecule has 1 aromatic heterocycles. The number of pyridine rings is 1. The number of aromatic nitrogens is 1. The first-order valence-corrected chi connectivity index (χ1v) is 5.32. The van der Waals surface area contributed by atoms with Crippen molar-refractivity contribution in [2.45, 2.75) is 5.33 Å². The Labute approximate surface area is 90.3 Å². The number of halogens is 1. The fourth-order valence-electron chi connectivity index (χ4n) is 1.35. The van der Waals surface area contributed by atoms with Gasteiger partial charge in [0.15, 0.2) is 0 Å². The standard InChI is InChI=1S/C11H7BrN2/c12-6-11-9(7-13)5-8-3-1-2-4-10(8)14-11/h1-5H,6H2. The molecule has 14 heavy (non-hydrogen) atoms. The van der Waals surface area contributed by atoms with Gasteiger partial charge < -0.3 is 0 Å². The van der Waals surface area contributed by atoms with Gasteiger partial charge in [-0.3, -0.25) is 4.98 Å². The normalized spacial score (nSPS) is 10.0. The van der Waals surface area contributed by atoms with Gasteiger partial charge in [-0.1, -0.05) is 34.1 Å². The maximum atomic E-state index is 8.90. The van der Waals surface area contributed by atoms with E-state index in [2.05, 4.69) is 27.0 Å². The lowest BCUT2D eigenvalue weighted by atomic mass is 10.1. The predicted molar refractivity (Wildman–Crippen MR) is 59.1 cm³/mol. The molecule has 3 heteroatoms. The zero-order valence-corrected chi connectivity index (χ0v) is 8.95. The first kappa shape index (κ1) is 9.17. The van der Waals surface area contributed by atoms with E-state index in [9.17, 15) is 0 Å². The summed E-state index contributed by atoms with van der Waals surface area (Å²) in [6.07, 6.45) is 0. The molecule has 0 unspecified atom stereocenters. The van der Waals surface area contributed by atoms with E-state index in [4.69, 9.17) is 5.26 Å². The number of hydrogen-bond acceptors (Lipinski definition) is 2. The third-order valence-electron chi connectivity index (χ3n) is 2.05. The Kier molecular flexibility index (Phi) is 2.47. The van der Waals surface area contributed by atoms with Crippen molar-refractivity contribution in [1.82, 2.24) is 4.98 Å².